The number of hydrogen-bond donors (Lipinski definition) is 1. The van der Waals surface area contributed by atoms with Gasteiger partial charge in [-0.15, -0.1) is 0 Å². The average Bonchev–Trinajstić information content (AvgIpc) is 2.47. The second kappa shape index (κ2) is 6.01. The first kappa shape index (κ1) is 13.1. The van der Waals surface area contributed by atoms with Gasteiger partial charge in [-0.05, 0) is 36.2 Å². The summed E-state index contributed by atoms with van der Waals surface area (Å²) in [6.45, 7) is 2.06. The van der Waals surface area contributed by atoms with Crippen molar-refractivity contribution >= 4 is 17.3 Å². The summed E-state index contributed by atoms with van der Waals surface area (Å²) in [4.78, 5) is 3.95. The molecule has 2 aromatic rings. The van der Waals surface area contributed by atoms with Gasteiger partial charge in [0.2, 0.25) is 0 Å². The summed E-state index contributed by atoms with van der Waals surface area (Å²) in [5.74, 6) is 1.66. The molecule has 0 amide bonds. The highest BCUT2D eigenvalue weighted by Crippen LogP contribution is 2.30. The highest BCUT2D eigenvalue weighted by atomic mass is 35.5. The van der Waals surface area contributed by atoms with E-state index in [4.69, 9.17) is 21.1 Å². The lowest BCUT2D eigenvalue weighted by Crippen LogP contribution is -2.15. The van der Waals surface area contributed by atoms with Crippen molar-refractivity contribution in [2.45, 2.75) is 6.42 Å². The average molecular weight is 291 g/mol. The van der Waals surface area contributed by atoms with Gasteiger partial charge in [-0.25, -0.2) is 4.98 Å². The first-order chi connectivity index (χ1) is 9.81. The van der Waals surface area contributed by atoms with E-state index in [2.05, 4.69) is 16.4 Å². The molecule has 20 heavy (non-hydrogen) atoms. The molecule has 0 fully saturated rings. The first-order valence-corrected chi connectivity index (χ1v) is 6.93. The topological polar surface area (TPSA) is 43.4 Å². The molecule has 0 saturated carbocycles. The molecule has 4 nitrogen and oxygen atoms in total. The van der Waals surface area contributed by atoms with E-state index in [1.165, 1.54) is 5.56 Å². The van der Waals surface area contributed by atoms with Crippen LogP contribution in [-0.4, -0.2) is 24.7 Å². The molecule has 0 aliphatic carbocycles. The van der Waals surface area contributed by atoms with E-state index in [9.17, 15) is 0 Å². The maximum atomic E-state index is 5.84. The molecule has 1 N–H and O–H groups in total. The van der Waals surface area contributed by atoms with Crippen molar-refractivity contribution in [3.05, 3.63) is 47.2 Å². The largest absolute Gasteiger partial charge is 0.486 e. The van der Waals surface area contributed by atoms with Crippen LogP contribution >= 0.6 is 11.6 Å². The van der Waals surface area contributed by atoms with E-state index >= 15 is 0 Å². The third-order valence-corrected chi connectivity index (χ3v) is 3.28. The van der Waals surface area contributed by atoms with Gasteiger partial charge in [0.1, 0.15) is 18.4 Å². The Hall–Kier alpha value is -1.94. The fraction of sp³-hybridized carbons (Fsp3) is 0.267. The highest BCUT2D eigenvalue weighted by Gasteiger charge is 2.11. The number of nitrogens with one attached hydrogen (secondary N) is 1. The lowest BCUT2D eigenvalue weighted by atomic mass is 10.1. The number of benzene rings is 1. The Balaban J connectivity index is 1.58. The normalized spacial score (nSPS) is 13.1. The molecule has 0 unspecified atom stereocenters. The van der Waals surface area contributed by atoms with Gasteiger partial charge in [0.15, 0.2) is 11.5 Å². The van der Waals surface area contributed by atoms with Gasteiger partial charge in [0, 0.05) is 18.4 Å². The summed E-state index contributed by atoms with van der Waals surface area (Å²) >= 11 is 5.84. The van der Waals surface area contributed by atoms with Gasteiger partial charge < -0.3 is 14.8 Å². The van der Waals surface area contributed by atoms with Gasteiger partial charge in [-0.3, -0.25) is 0 Å². The van der Waals surface area contributed by atoms with E-state index in [0.717, 1.165) is 30.2 Å². The molecule has 0 atom stereocenters. The van der Waals surface area contributed by atoms with Crippen molar-refractivity contribution in [2.24, 2.45) is 0 Å². The Bertz CT molecular complexity index is 604. The zero-order valence-electron chi connectivity index (χ0n) is 10.9. The van der Waals surface area contributed by atoms with Crippen molar-refractivity contribution in [1.29, 1.82) is 0 Å². The lowest BCUT2D eigenvalue weighted by Gasteiger charge is -2.19. The minimum absolute atomic E-state index is 0.495. The SMILES string of the molecule is Clc1cc(NCCc2ccc3c(c2)OCCO3)ccn1. The number of nitrogens with zero attached hydrogens (tertiary/aromatic N) is 1. The minimum atomic E-state index is 0.495. The van der Waals surface area contributed by atoms with Crippen LogP contribution in [0.1, 0.15) is 5.56 Å². The molecule has 1 aromatic heterocycles. The van der Waals surface area contributed by atoms with E-state index in [1.54, 1.807) is 6.20 Å². The Kier molecular flexibility index (Phi) is 3.92. The molecule has 0 radical (unpaired) electrons. The molecule has 0 saturated heterocycles. The van der Waals surface area contributed by atoms with Crippen molar-refractivity contribution in [3.63, 3.8) is 0 Å². The van der Waals surface area contributed by atoms with Crippen molar-refractivity contribution in [3.8, 4) is 11.5 Å². The summed E-state index contributed by atoms with van der Waals surface area (Å²) in [6.07, 6.45) is 2.59. The van der Waals surface area contributed by atoms with Crippen LogP contribution in [0, 0.1) is 0 Å². The maximum absolute atomic E-state index is 5.84. The Morgan fingerprint density at radius 1 is 1.10 bits per heavy atom. The molecule has 5 heteroatoms. The van der Waals surface area contributed by atoms with E-state index in [1.807, 2.05) is 24.3 Å². The van der Waals surface area contributed by atoms with Crippen LogP contribution in [-0.2, 0) is 6.42 Å². The number of aromatic nitrogens is 1. The van der Waals surface area contributed by atoms with Gasteiger partial charge in [-0.1, -0.05) is 17.7 Å². The molecule has 104 valence electrons. The van der Waals surface area contributed by atoms with Crippen LogP contribution in [0.25, 0.3) is 0 Å². The zero-order chi connectivity index (χ0) is 13.8. The molecule has 0 spiro atoms. The van der Waals surface area contributed by atoms with E-state index in [-0.39, 0.29) is 0 Å². The molecule has 1 aliphatic heterocycles. The van der Waals surface area contributed by atoms with Gasteiger partial charge in [0.25, 0.3) is 0 Å². The summed E-state index contributed by atoms with van der Waals surface area (Å²) < 4.78 is 11.1. The predicted octanol–water partition coefficient (Wildman–Crippen LogP) is 3.16. The summed E-state index contributed by atoms with van der Waals surface area (Å²) in [6, 6.07) is 9.78. The molecule has 3 rings (SSSR count). The molecule has 1 aliphatic rings. The fourth-order valence-corrected chi connectivity index (χ4v) is 2.28. The standard InChI is InChI=1S/C15H15ClN2O2/c16-15-10-12(4-6-18-15)17-5-3-11-1-2-13-14(9-11)20-8-7-19-13/h1-2,4,6,9-10H,3,5,7-8H2,(H,17,18). The monoisotopic (exact) mass is 290 g/mol. The second-order valence-corrected chi connectivity index (χ2v) is 4.91. The number of pyridine rings is 1. The van der Waals surface area contributed by atoms with Crippen LogP contribution in [0.2, 0.25) is 5.15 Å². The third-order valence-electron chi connectivity index (χ3n) is 3.08. The summed E-state index contributed by atoms with van der Waals surface area (Å²) in [5, 5.41) is 3.81. The molecule has 0 bridgehead atoms. The van der Waals surface area contributed by atoms with Gasteiger partial charge in [0.05, 0.1) is 0 Å². The number of rotatable bonds is 4. The number of halogens is 1. The minimum Gasteiger partial charge on any atom is -0.486 e. The number of anilines is 1. The smallest absolute Gasteiger partial charge is 0.161 e. The Labute approximate surface area is 122 Å². The van der Waals surface area contributed by atoms with E-state index < -0.39 is 0 Å². The van der Waals surface area contributed by atoms with Crippen LogP contribution in [0.4, 0.5) is 5.69 Å². The number of hydrogen-bond acceptors (Lipinski definition) is 4. The zero-order valence-corrected chi connectivity index (χ0v) is 11.7. The predicted molar refractivity (Wildman–Crippen MR) is 78.9 cm³/mol. The lowest BCUT2D eigenvalue weighted by molar-refractivity contribution is 0.171. The third kappa shape index (κ3) is 3.14. The van der Waals surface area contributed by atoms with Crippen LogP contribution in [0.3, 0.4) is 0 Å². The van der Waals surface area contributed by atoms with Crippen molar-refractivity contribution in [1.82, 2.24) is 4.98 Å². The fourth-order valence-electron chi connectivity index (χ4n) is 2.11. The van der Waals surface area contributed by atoms with Crippen LogP contribution < -0.4 is 14.8 Å². The first-order valence-electron chi connectivity index (χ1n) is 6.55. The Morgan fingerprint density at radius 3 is 2.80 bits per heavy atom. The molecule has 1 aromatic carbocycles. The quantitative estimate of drug-likeness (QED) is 0.879. The van der Waals surface area contributed by atoms with Gasteiger partial charge in [-0.2, -0.15) is 0 Å². The second-order valence-electron chi connectivity index (χ2n) is 4.52. The molecular weight excluding hydrogens is 276 g/mol. The van der Waals surface area contributed by atoms with Gasteiger partial charge >= 0.3 is 0 Å². The van der Waals surface area contributed by atoms with Crippen LogP contribution in [0.5, 0.6) is 11.5 Å². The van der Waals surface area contributed by atoms with Crippen LogP contribution in [0.15, 0.2) is 36.5 Å². The summed E-state index contributed by atoms with van der Waals surface area (Å²) in [5.41, 5.74) is 2.18. The van der Waals surface area contributed by atoms with Crippen molar-refractivity contribution < 1.29 is 9.47 Å². The van der Waals surface area contributed by atoms with E-state index in [0.29, 0.717) is 18.4 Å². The summed E-state index contributed by atoms with van der Waals surface area (Å²) in [7, 11) is 0. The highest BCUT2D eigenvalue weighted by molar-refractivity contribution is 6.29. The van der Waals surface area contributed by atoms with Crippen molar-refractivity contribution in [2.75, 3.05) is 25.1 Å². The number of fused-ring (bicyclic) bond motifs is 1. The molecular formula is C15H15ClN2O2. The maximum Gasteiger partial charge on any atom is 0.161 e. The Morgan fingerprint density at radius 2 is 1.95 bits per heavy atom. The molecule has 2 heterocycles. The number of ether oxygens (including phenoxy) is 2.